The van der Waals surface area contributed by atoms with Crippen molar-refractivity contribution in [2.75, 3.05) is 32.2 Å². The lowest BCUT2D eigenvalue weighted by molar-refractivity contribution is 0.0465. The van der Waals surface area contributed by atoms with Crippen molar-refractivity contribution in [3.05, 3.63) is 0 Å². The van der Waals surface area contributed by atoms with Crippen molar-refractivity contribution in [1.82, 2.24) is 0 Å². The summed E-state index contributed by atoms with van der Waals surface area (Å²) >= 11 is 4.21. The fraction of sp³-hybridized carbons (Fsp3) is 1.00. The highest BCUT2D eigenvalue weighted by molar-refractivity contribution is 7.80. The molecule has 0 heterocycles. The predicted molar refractivity (Wildman–Crippen MR) is 78.1 cm³/mol. The van der Waals surface area contributed by atoms with Crippen LogP contribution in [0.15, 0.2) is 0 Å². The molecule has 0 aliphatic heterocycles. The molecule has 0 unspecified atom stereocenters. The Morgan fingerprint density at radius 3 is 1.76 bits per heavy atom. The van der Waals surface area contributed by atoms with Crippen LogP contribution in [0.3, 0.4) is 0 Å². The second kappa shape index (κ2) is 16.3. The van der Waals surface area contributed by atoms with Gasteiger partial charge in [0, 0.05) is 13.2 Å². The number of rotatable bonds is 14. The van der Waals surface area contributed by atoms with Crippen LogP contribution in [0, 0.1) is 0 Å². The maximum atomic E-state index is 5.49. The van der Waals surface area contributed by atoms with E-state index in [0.717, 1.165) is 38.6 Å². The molecule has 3 heteroatoms. The highest BCUT2D eigenvalue weighted by Gasteiger charge is 1.92. The van der Waals surface area contributed by atoms with Crippen LogP contribution in [-0.4, -0.2) is 32.2 Å². The molecule has 0 aliphatic carbocycles. The van der Waals surface area contributed by atoms with E-state index in [-0.39, 0.29) is 0 Å². The van der Waals surface area contributed by atoms with E-state index in [0.29, 0.717) is 0 Å². The third kappa shape index (κ3) is 16.3. The van der Waals surface area contributed by atoms with Gasteiger partial charge in [0.15, 0.2) is 0 Å². The average Bonchev–Trinajstić information content (AvgIpc) is 2.35. The molecule has 0 aromatic carbocycles. The van der Waals surface area contributed by atoms with Gasteiger partial charge >= 0.3 is 0 Å². The van der Waals surface area contributed by atoms with Gasteiger partial charge in [-0.25, -0.2) is 0 Å². The summed E-state index contributed by atoms with van der Waals surface area (Å²) in [5, 5.41) is 0. The zero-order valence-electron chi connectivity index (χ0n) is 11.5. The van der Waals surface area contributed by atoms with Crippen molar-refractivity contribution in [2.24, 2.45) is 0 Å². The topological polar surface area (TPSA) is 18.5 Å². The van der Waals surface area contributed by atoms with Crippen molar-refractivity contribution >= 4 is 12.6 Å². The first kappa shape index (κ1) is 17.3. The Bertz CT molecular complexity index is 117. The highest BCUT2D eigenvalue weighted by atomic mass is 32.1. The Balaban J connectivity index is 2.85. The summed E-state index contributed by atoms with van der Waals surface area (Å²) in [6.45, 7) is 5.37. The number of ether oxygens (including phenoxy) is 2. The minimum Gasteiger partial charge on any atom is -0.379 e. The van der Waals surface area contributed by atoms with Crippen molar-refractivity contribution in [2.45, 2.75) is 58.3 Å². The molecule has 0 saturated carbocycles. The molecule has 17 heavy (non-hydrogen) atoms. The lowest BCUT2D eigenvalue weighted by Gasteiger charge is -2.05. The van der Waals surface area contributed by atoms with Gasteiger partial charge < -0.3 is 9.47 Å². The molecule has 0 amide bonds. The minimum absolute atomic E-state index is 0.748. The molecule has 0 aromatic heterocycles. The molecule has 0 N–H and O–H groups in total. The molecule has 0 radical (unpaired) electrons. The van der Waals surface area contributed by atoms with Gasteiger partial charge in [-0.1, -0.05) is 39.0 Å². The molecular weight excluding hydrogens is 232 g/mol. The molecule has 2 nitrogen and oxygen atoms in total. The van der Waals surface area contributed by atoms with Crippen LogP contribution in [-0.2, 0) is 9.47 Å². The van der Waals surface area contributed by atoms with Crippen LogP contribution in [0.5, 0.6) is 0 Å². The fourth-order valence-electron chi connectivity index (χ4n) is 1.67. The monoisotopic (exact) mass is 262 g/mol. The maximum absolute atomic E-state index is 5.49. The van der Waals surface area contributed by atoms with Gasteiger partial charge in [0.1, 0.15) is 0 Å². The summed E-state index contributed by atoms with van der Waals surface area (Å²) in [5.74, 6) is 1.04. The molecule has 0 bridgehead atoms. The SMILES string of the molecule is CCCOCCOCCCCCCCCCS. The summed E-state index contributed by atoms with van der Waals surface area (Å²) in [5.41, 5.74) is 0. The minimum atomic E-state index is 0.748. The van der Waals surface area contributed by atoms with Gasteiger partial charge in [-0.2, -0.15) is 12.6 Å². The molecule has 0 saturated heterocycles. The van der Waals surface area contributed by atoms with E-state index in [9.17, 15) is 0 Å². The van der Waals surface area contributed by atoms with Crippen molar-refractivity contribution < 1.29 is 9.47 Å². The number of thiol groups is 1. The smallest absolute Gasteiger partial charge is 0.0700 e. The van der Waals surface area contributed by atoms with Crippen molar-refractivity contribution in [3.63, 3.8) is 0 Å². The Kier molecular flexibility index (Phi) is 16.5. The van der Waals surface area contributed by atoms with Crippen LogP contribution >= 0.6 is 12.6 Å². The zero-order valence-corrected chi connectivity index (χ0v) is 12.4. The number of unbranched alkanes of at least 4 members (excludes halogenated alkanes) is 6. The quantitative estimate of drug-likeness (QED) is 0.375. The largest absolute Gasteiger partial charge is 0.379 e. The second-order valence-electron chi connectivity index (χ2n) is 4.42. The molecule has 0 rings (SSSR count). The zero-order chi connectivity index (χ0) is 12.6. The normalized spacial score (nSPS) is 10.9. The summed E-state index contributed by atoms with van der Waals surface area (Å²) in [4.78, 5) is 0. The summed E-state index contributed by atoms with van der Waals surface area (Å²) in [7, 11) is 0. The Labute approximate surface area is 113 Å². The Morgan fingerprint density at radius 1 is 0.647 bits per heavy atom. The van der Waals surface area contributed by atoms with E-state index >= 15 is 0 Å². The standard InChI is InChI=1S/C14H30O2S/c1-2-10-15-12-13-16-11-8-6-4-3-5-7-9-14-17/h17H,2-14H2,1H3. The second-order valence-corrected chi connectivity index (χ2v) is 4.87. The third-order valence-corrected chi connectivity index (χ3v) is 2.98. The molecule has 0 atom stereocenters. The van der Waals surface area contributed by atoms with Gasteiger partial charge in [0.2, 0.25) is 0 Å². The first-order chi connectivity index (χ1) is 8.41. The summed E-state index contributed by atoms with van der Waals surface area (Å²) in [6, 6.07) is 0. The lowest BCUT2D eigenvalue weighted by Crippen LogP contribution is -2.05. The summed E-state index contributed by atoms with van der Waals surface area (Å²) in [6.07, 6.45) is 10.3. The predicted octanol–water partition coefficient (Wildman–Crippen LogP) is 4.09. The van der Waals surface area contributed by atoms with Crippen LogP contribution in [0.1, 0.15) is 58.3 Å². The van der Waals surface area contributed by atoms with Crippen LogP contribution in [0.4, 0.5) is 0 Å². The van der Waals surface area contributed by atoms with Gasteiger partial charge in [-0.3, -0.25) is 0 Å². The number of hydrogen-bond acceptors (Lipinski definition) is 3. The molecule has 0 spiro atoms. The Hall–Kier alpha value is 0.270. The molecular formula is C14H30O2S. The average molecular weight is 262 g/mol. The first-order valence-corrected chi connectivity index (χ1v) is 7.81. The molecule has 0 aliphatic rings. The number of hydrogen-bond donors (Lipinski definition) is 1. The Morgan fingerprint density at radius 2 is 1.18 bits per heavy atom. The maximum Gasteiger partial charge on any atom is 0.0700 e. The van der Waals surface area contributed by atoms with E-state index in [1.807, 2.05) is 0 Å². The van der Waals surface area contributed by atoms with E-state index in [2.05, 4.69) is 19.6 Å². The van der Waals surface area contributed by atoms with E-state index in [4.69, 9.17) is 9.47 Å². The van der Waals surface area contributed by atoms with Gasteiger partial charge in [-0.15, -0.1) is 0 Å². The van der Waals surface area contributed by atoms with E-state index in [1.165, 1.54) is 44.9 Å². The first-order valence-electron chi connectivity index (χ1n) is 7.18. The van der Waals surface area contributed by atoms with Gasteiger partial charge in [0.05, 0.1) is 13.2 Å². The summed E-state index contributed by atoms with van der Waals surface area (Å²) < 4.78 is 10.8. The third-order valence-electron chi connectivity index (χ3n) is 2.67. The molecule has 0 aromatic rings. The molecule has 104 valence electrons. The highest BCUT2D eigenvalue weighted by Crippen LogP contribution is 2.07. The van der Waals surface area contributed by atoms with Crippen LogP contribution in [0.2, 0.25) is 0 Å². The lowest BCUT2D eigenvalue weighted by atomic mass is 10.1. The van der Waals surface area contributed by atoms with Crippen LogP contribution in [0.25, 0.3) is 0 Å². The van der Waals surface area contributed by atoms with Gasteiger partial charge in [0.25, 0.3) is 0 Å². The van der Waals surface area contributed by atoms with Crippen molar-refractivity contribution in [1.29, 1.82) is 0 Å². The fourth-order valence-corrected chi connectivity index (χ4v) is 1.89. The van der Waals surface area contributed by atoms with E-state index in [1.54, 1.807) is 0 Å². The van der Waals surface area contributed by atoms with Crippen LogP contribution < -0.4 is 0 Å². The van der Waals surface area contributed by atoms with E-state index < -0.39 is 0 Å². The van der Waals surface area contributed by atoms with Gasteiger partial charge in [-0.05, 0) is 25.0 Å². The molecule has 0 fully saturated rings. The van der Waals surface area contributed by atoms with Crippen molar-refractivity contribution in [3.8, 4) is 0 Å².